The van der Waals surface area contributed by atoms with Gasteiger partial charge in [0.05, 0.1) is 7.11 Å². The Bertz CT molecular complexity index is 259. The molecule has 2 heteroatoms. The van der Waals surface area contributed by atoms with E-state index >= 15 is 0 Å². The van der Waals surface area contributed by atoms with Gasteiger partial charge in [-0.15, -0.1) is 0 Å². The minimum absolute atomic E-state index is 0.0658. The van der Waals surface area contributed by atoms with Crippen LogP contribution in [0.5, 0.6) is 0 Å². The maximum atomic E-state index is 10.9. The van der Waals surface area contributed by atoms with E-state index in [2.05, 4.69) is 25.5 Å². The normalized spacial score (nSPS) is 10.4. The third-order valence-corrected chi connectivity index (χ3v) is 5.17. The summed E-state index contributed by atoms with van der Waals surface area (Å²) < 4.78 is 4.62. The van der Waals surface area contributed by atoms with Gasteiger partial charge in [0.2, 0.25) is 0 Å². The first-order chi connectivity index (χ1) is 13.2. The van der Waals surface area contributed by atoms with Gasteiger partial charge < -0.3 is 4.74 Å². The number of hydrogen-bond donors (Lipinski definition) is 0. The lowest BCUT2D eigenvalue weighted by molar-refractivity contribution is -0.140. The molecule has 0 atom stereocenters. The summed E-state index contributed by atoms with van der Waals surface area (Å²) in [6, 6.07) is 0. The van der Waals surface area contributed by atoms with Crippen molar-refractivity contribution >= 4 is 5.97 Å². The molecule has 0 aromatic heterocycles. The lowest BCUT2D eigenvalue weighted by Gasteiger charge is -2.03. The van der Waals surface area contributed by atoms with Gasteiger partial charge in [0.25, 0.3) is 0 Å². The average molecular weight is 385 g/mol. The first-order valence-electron chi connectivity index (χ1n) is 12.3. The molecule has 0 unspecified atom stereocenters. The standard InChI is InChI=1S/C18H36O2.C7H16/c1-3-4-5-6-7-8-9-10-11-12-13-14-15-16-17-18(19)20-2;1-3-5-7-6-4-2/h3-17H2,1-2H3;3-7H2,1-2H3. The van der Waals surface area contributed by atoms with Crippen molar-refractivity contribution in [3.05, 3.63) is 0 Å². The van der Waals surface area contributed by atoms with E-state index in [0.717, 1.165) is 6.42 Å². The average Bonchev–Trinajstić information content (AvgIpc) is 2.69. The summed E-state index contributed by atoms with van der Waals surface area (Å²) in [7, 11) is 1.46. The second-order valence-electron chi connectivity index (χ2n) is 7.98. The van der Waals surface area contributed by atoms with Crippen molar-refractivity contribution < 1.29 is 9.53 Å². The van der Waals surface area contributed by atoms with Crippen molar-refractivity contribution in [3.63, 3.8) is 0 Å². The molecule has 0 aliphatic carbocycles. The van der Waals surface area contributed by atoms with Gasteiger partial charge in [0.1, 0.15) is 0 Å². The molecule has 0 aromatic rings. The molecule has 0 radical (unpaired) electrons. The van der Waals surface area contributed by atoms with Gasteiger partial charge in [-0.1, -0.05) is 136 Å². The third kappa shape index (κ3) is 30.4. The molecular formula is C25H52O2. The number of unbranched alkanes of at least 4 members (excludes halogenated alkanes) is 17. The van der Waals surface area contributed by atoms with Crippen LogP contribution in [-0.2, 0) is 9.53 Å². The number of ether oxygens (including phenoxy) is 1. The Labute approximate surface area is 172 Å². The van der Waals surface area contributed by atoms with E-state index in [4.69, 9.17) is 0 Å². The van der Waals surface area contributed by atoms with Gasteiger partial charge in [-0.3, -0.25) is 4.79 Å². The van der Waals surface area contributed by atoms with Gasteiger partial charge in [-0.05, 0) is 6.42 Å². The highest BCUT2D eigenvalue weighted by molar-refractivity contribution is 5.68. The number of carbonyl (C=O) groups excluding carboxylic acids is 1. The molecule has 0 heterocycles. The molecule has 0 aromatic carbocycles. The molecule has 0 aliphatic heterocycles. The highest BCUT2D eigenvalue weighted by Crippen LogP contribution is 2.13. The molecule has 0 fully saturated rings. The van der Waals surface area contributed by atoms with E-state index in [1.807, 2.05) is 0 Å². The monoisotopic (exact) mass is 384 g/mol. The van der Waals surface area contributed by atoms with Crippen LogP contribution < -0.4 is 0 Å². The summed E-state index contributed by atoms with van der Waals surface area (Å²) in [6.45, 7) is 6.76. The highest BCUT2D eigenvalue weighted by Gasteiger charge is 1.99. The summed E-state index contributed by atoms with van der Waals surface area (Å²) in [6.07, 6.45) is 26.5. The van der Waals surface area contributed by atoms with Gasteiger partial charge in [-0.2, -0.15) is 0 Å². The molecule has 0 amide bonds. The number of esters is 1. The Morgan fingerprint density at radius 3 is 1.04 bits per heavy atom. The van der Waals surface area contributed by atoms with Crippen LogP contribution in [0.1, 0.15) is 149 Å². The van der Waals surface area contributed by atoms with E-state index in [9.17, 15) is 4.79 Å². The summed E-state index contributed by atoms with van der Waals surface area (Å²) >= 11 is 0. The largest absolute Gasteiger partial charge is 0.469 e. The van der Waals surface area contributed by atoms with Gasteiger partial charge in [0.15, 0.2) is 0 Å². The van der Waals surface area contributed by atoms with Crippen molar-refractivity contribution in [1.29, 1.82) is 0 Å². The lowest BCUT2D eigenvalue weighted by Crippen LogP contribution is -1.99. The SMILES string of the molecule is CCCCCCC.CCCCCCCCCCCCCCCCC(=O)OC. The fourth-order valence-electron chi connectivity index (χ4n) is 3.24. The molecular weight excluding hydrogens is 332 g/mol. The van der Waals surface area contributed by atoms with Crippen molar-refractivity contribution in [1.82, 2.24) is 0 Å². The van der Waals surface area contributed by atoms with Crippen LogP contribution in [0, 0.1) is 0 Å². The van der Waals surface area contributed by atoms with Crippen LogP contribution in [0.4, 0.5) is 0 Å². The maximum Gasteiger partial charge on any atom is 0.305 e. The lowest BCUT2D eigenvalue weighted by atomic mass is 10.0. The van der Waals surface area contributed by atoms with E-state index in [1.165, 1.54) is 123 Å². The number of carbonyl (C=O) groups is 1. The fourth-order valence-corrected chi connectivity index (χ4v) is 3.24. The van der Waals surface area contributed by atoms with E-state index in [0.29, 0.717) is 6.42 Å². The molecule has 27 heavy (non-hydrogen) atoms. The molecule has 0 saturated heterocycles. The van der Waals surface area contributed by atoms with Crippen molar-refractivity contribution in [2.45, 2.75) is 149 Å². The Morgan fingerprint density at radius 1 is 0.481 bits per heavy atom. The first kappa shape index (κ1) is 28.7. The van der Waals surface area contributed by atoms with E-state index in [-0.39, 0.29) is 5.97 Å². The minimum Gasteiger partial charge on any atom is -0.469 e. The maximum absolute atomic E-state index is 10.9. The van der Waals surface area contributed by atoms with Gasteiger partial charge in [0, 0.05) is 6.42 Å². The highest BCUT2D eigenvalue weighted by atomic mass is 16.5. The zero-order valence-corrected chi connectivity index (χ0v) is 19.5. The molecule has 0 rings (SSSR count). The van der Waals surface area contributed by atoms with Crippen LogP contribution in [0.25, 0.3) is 0 Å². The predicted molar refractivity (Wildman–Crippen MR) is 121 cm³/mol. The van der Waals surface area contributed by atoms with Crippen LogP contribution >= 0.6 is 0 Å². The van der Waals surface area contributed by atoms with E-state index in [1.54, 1.807) is 0 Å². The molecule has 164 valence electrons. The smallest absolute Gasteiger partial charge is 0.305 e. The second-order valence-corrected chi connectivity index (χ2v) is 7.98. The summed E-state index contributed by atoms with van der Waals surface area (Å²) in [4.78, 5) is 10.9. The number of rotatable bonds is 19. The quantitative estimate of drug-likeness (QED) is 0.164. The molecule has 0 bridgehead atoms. The fraction of sp³-hybridized carbons (Fsp3) is 0.960. The Hall–Kier alpha value is -0.530. The Balaban J connectivity index is 0. The summed E-state index contributed by atoms with van der Waals surface area (Å²) in [5.41, 5.74) is 0. The zero-order chi connectivity index (χ0) is 20.4. The predicted octanol–water partition coefficient (Wildman–Crippen LogP) is 9.01. The van der Waals surface area contributed by atoms with Crippen LogP contribution in [0.15, 0.2) is 0 Å². The summed E-state index contributed by atoms with van der Waals surface area (Å²) in [5, 5.41) is 0. The molecule has 0 aliphatic rings. The summed E-state index contributed by atoms with van der Waals surface area (Å²) in [5.74, 6) is -0.0658. The number of methoxy groups -OCH3 is 1. The number of hydrogen-bond acceptors (Lipinski definition) is 2. The first-order valence-corrected chi connectivity index (χ1v) is 12.3. The topological polar surface area (TPSA) is 26.3 Å². The van der Waals surface area contributed by atoms with Crippen LogP contribution in [-0.4, -0.2) is 13.1 Å². The Kier molecular flexibility index (Phi) is 29.4. The van der Waals surface area contributed by atoms with Crippen molar-refractivity contribution in [3.8, 4) is 0 Å². The third-order valence-electron chi connectivity index (χ3n) is 5.17. The van der Waals surface area contributed by atoms with Crippen LogP contribution in [0.3, 0.4) is 0 Å². The second kappa shape index (κ2) is 27.7. The molecule has 0 saturated carbocycles. The van der Waals surface area contributed by atoms with Gasteiger partial charge in [-0.25, -0.2) is 0 Å². The Morgan fingerprint density at radius 2 is 0.741 bits per heavy atom. The molecule has 0 spiro atoms. The molecule has 2 nitrogen and oxygen atoms in total. The van der Waals surface area contributed by atoms with Crippen LogP contribution in [0.2, 0.25) is 0 Å². The van der Waals surface area contributed by atoms with Crippen molar-refractivity contribution in [2.75, 3.05) is 7.11 Å². The zero-order valence-electron chi connectivity index (χ0n) is 19.5. The van der Waals surface area contributed by atoms with E-state index < -0.39 is 0 Å². The van der Waals surface area contributed by atoms with Gasteiger partial charge >= 0.3 is 5.97 Å². The van der Waals surface area contributed by atoms with Crippen molar-refractivity contribution in [2.24, 2.45) is 0 Å². The minimum atomic E-state index is -0.0658. The molecule has 0 N–H and O–H groups in total.